The maximum atomic E-state index is 12.2. The normalized spacial score (nSPS) is 10.6. The van der Waals surface area contributed by atoms with Crippen molar-refractivity contribution in [2.75, 3.05) is 5.32 Å². The first-order valence-corrected chi connectivity index (χ1v) is 10.5. The predicted molar refractivity (Wildman–Crippen MR) is 126 cm³/mol. The first-order valence-electron chi connectivity index (χ1n) is 9.30. The standard InChI is InChI=1S/C23H17BrClN3O4/c1-14-5-8-18(12-20(14)25)27-21(29)22(30)28-26-13-15-6-9-19(10-7-15)32-23(31)16-3-2-4-17(24)11-16/h2-13H,1H3,(H,27,29)(H,28,30)/b26-13+. The van der Waals surface area contributed by atoms with Crippen molar-refractivity contribution in [3.8, 4) is 5.75 Å². The number of anilines is 1. The van der Waals surface area contributed by atoms with Crippen LogP contribution < -0.4 is 15.5 Å². The number of amides is 2. The number of hydrogen-bond donors (Lipinski definition) is 2. The maximum absolute atomic E-state index is 12.2. The average molecular weight is 515 g/mol. The third kappa shape index (κ3) is 6.50. The third-order valence-electron chi connectivity index (χ3n) is 4.17. The van der Waals surface area contributed by atoms with E-state index in [2.05, 4.69) is 31.8 Å². The number of ether oxygens (including phenoxy) is 1. The number of halogens is 2. The molecule has 0 heterocycles. The number of nitrogens with one attached hydrogen (secondary N) is 2. The lowest BCUT2D eigenvalue weighted by Gasteiger charge is -2.06. The van der Waals surface area contributed by atoms with E-state index in [9.17, 15) is 14.4 Å². The van der Waals surface area contributed by atoms with Crippen molar-refractivity contribution >= 4 is 57.2 Å². The van der Waals surface area contributed by atoms with E-state index in [1.807, 2.05) is 13.0 Å². The molecule has 9 heteroatoms. The average Bonchev–Trinajstić information content (AvgIpc) is 2.77. The van der Waals surface area contributed by atoms with Crippen LogP contribution >= 0.6 is 27.5 Å². The molecule has 0 aliphatic carbocycles. The Kier molecular flexibility index (Phi) is 7.75. The predicted octanol–water partition coefficient (Wildman–Crippen LogP) is 4.72. The molecule has 162 valence electrons. The topological polar surface area (TPSA) is 96.9 Å². The fraction of sp³-hybridized carbons (Fsp3) is 0.0435. The lowest BCUT2D eigenvalue weighted by Crippen LogP contribution is -2.32. The molecule has 3 rings (SSSR count). The minimum absolute atomic E-state index is 0.354. The van der Waals surface area contributed by atoms with Gasteiger partial charge in [0, 0.05) is 15.2 Å². The van der Waals surface area contributed by atoms with Gasteiger partial charge in [0.15, 0.2) is 0 Å². The van der Waals surface area contributed by atoms with Gasteiger partial charge in [-0.05, 0) is 72.6 Å². The van der Waals surface area contributed by atoms with E-state index in [1.165, 1.54) is 6.21 Å². The minimum atomic E-state index is -0.933. The monoisotopic (exact) mass is 513 g/mol. The number of hydrazone groups is 1. The Morgan fingerprint density at radius 2 is 1.75 bits per heavy atom. The summed E-state index contributed by atoms with van der Waals surface area (Å²) in [6.07, 6.45) is 1.35. The Morgan fingerprint density at radius 3 is 2.44 bits per heavy atom. The van der Waals surface area contributed by atoms with Crippen molar-refractivity contribution in [1.29, 1.82) is 0 Å². The van der Waals surface area contributed by atoms with E-state index < -0.39 is 17.8 Å². The number of carbonyl (C=O) groups excluding carboxylic acids is 3. The molecule has 7 nitrogen and oxygen atoms in total. The van der Waals surface area contributed by atoms with Gasteiger partial charge in [0.1, 0.15) is 5.75 Å². The molecule has 0 unspecified atom stereocenters. The van der Waals surface area contributed by atoms with Crippen LogP contribution in [0.3, 0.4) is 0 Å². The van der Waals surface area contributed by atoms with Gasteiger partial charge in [-0.3, -0.25) is 9.59 Å². The molecule has 2 N–H and O–H groups in total. The summed E-state index contributed by atoms with van der Waals surface area (Å²) in [6, 6.07) is 18.3. The highest BCUT2D eigenvalue weighted by Crippen LogP contribution is 2.20. The van der Waals surface area contributed by atoms with Gasteiger partial charge in [0.2, 0.25) is 0 Å². The quantitative estimate of drug-likeness (QED) is 0.169. The number of nitrogens with zero attached hydrogens (tertiary/aromatic N) is 1. The number of aryl methyl sites for hydroxylation is 1. The van der Waals surface area contributed by atoms with E-state index in [0.29, 0.717) is 27.6 Å². The lowest BCUT2D eigenvalue weighted by atomic mass is 10.2. The van der Waals surface area contributed by atoms with Crippen LogP contribution in [0.5, 0.6) is 5.75 Å². The number of hydrogen-bond acceptors (Lipinski definition) is 5. The molecular formula is C23H17BrClN3O4. The number of esters is 1. The van der Waals surface area contributed by atoms with Crippen molar-refractivity contribution in [2.45, 2.75) is 6.92 Å². The highest BCUT2D eigenvalue weighted by Gasteiger charge is 2.13. The molecule has 0 aliphatic rings. The van der Waals surface area contributed by atoms with Gasteiger partial charge in [-0.25, -0.2) is 10.2 Å². The summed E-state index contributed by atoms with van der Waals surface area (Å²) in [5, 5.41) is 6.68. The second kappa shape index (κ2) is 10.7. The molecule has 0 radical (unpaired) electrons. The molecular weight excluding hydrogens is 498 g/mol. The summed E-state index contributed by atoms with van der Waals surface area (Å²) in [4.78, 5) is 36.0. The van der Waals surface area contributed by atoms with Crippen molar-refractivity contribution in [3.63, 3.8) is 0 Å². The fourth-order valence-electron chi connectivity index (χ4n) is 2.48. The molecule has 32 heavy (non-hydrogen) atoms. The summed E-state index contributed by atoms with van der Waals surface area (Å²) in [5.41, 5.74) is 4.44. The van der Waals surface area contributed by atoms with E-state index in [4.69, 9.17) is 16.3 Å². The fourth-order valence-corrected chi connectivity index (χ4v) is 3.06. The molecule has 0 aliphatic heterocycles. The molecule has 0 fully saturated rings. The Morgan fingerprint density at radius 1 is 1.00 bits per heavy atom. The number of carbonyl (C=O) groups is 3. The van der Waals surface area contributed by atoms with E-state index in [0.717, 1.165) is 10.0 Å². The Hall–Kier alpha value is -3.49. The van der Waals surface area contributed by atoms with Gasteiger partial charge in [-0.15, -0.1) is 0 Å². The van der Waals surface area contributed by atoms with Gasteiger partial charge in [-0.1, -0.05) is 39.7 Å². The highest BCUT2D eigenvalue weighted by molar-refractivity contribution is 9.10. The molecule has 2 amide bonds. The van der Waals surface area contributed by atoms with Gasteiger partial charge >= 0.3 is 17.8 Å². The van der Waals surface area contributed by atoms with Crippen LogP contribution in [-0.4, -0.2) is 24.0 Å². The third-order valence-corrected chi connectivity index (χ3v) is 5.07. The first kappa shape index (κ1) is 23.2. The molecule has 0 atom stereocenters. The number of rotatable bonds is 5. The molecule has 0 saturated heterocycles. The van der Waals surface area contributed by atoms with Crippen molar-refractivity contribution < 1.29 is 19.1 Å². The SMILES string of the molecule is Cc1ccc(NC(=O)C(=O)N/N=C/c2ccc(OC(=O)c3cccc(Br)c3)cc2)cc1Cl. The van der Waals surface area contributed by atoms with Crippen LogP contribution in [0, 0.1) is 6.92 Å². The van der Waals surface area contributed by atoms with E-state index >= 15 is 0 Å². The zero-order chi connectivity index (χ0) is 23.1. The van der Waals surface area contributed by atoms with Crippen LogP contribution in [-0.2, 0) is 9.59 Å². The summed E-state index contributed by atoms with van der Waals surface area (Å²) in [6.45, 7) is 1.83. The molecule has 0 bridgehead atoms. The lowest BCUT2D eigenvalue weighted by molar-refractivity contribution is -0.136. The Bertz CT molecular complexity index is 1200. The molecule has 0 spiro atoms. The molecule has 0 aromatic heterocycles. The number of benzene rings is 3. The summed E-state index contributed by atoms with van der Waals surface area (Å²) in [5.74, 6) is -1.94. The molecule has 3 aromatic rings. The van der Waals surface area contributed by atoms with Crippen LogP contribution in [0.15, 0.2) is 76.3 Å². The maximum Gasteiger partial charge on any atom is 0.343 e. The Labute approximate surface area is 197 Å². The van der Waals surface area contributed by atoms with Crippen LogP contribution in [0.4, 0.5) is 5.69 Å². The molecule has 3 aromatic carbocycles. The second-order valence-corrected chi connectivity index (χ2v) is 7.91. The van der Waals surface area contributed by atoms with Crippen LogP contribution in [0.1, 0.15) is 21.5 Å². The van der Waals surface area contributed by atoms with E-state index in [1.54, 1.807) is 60.7 Å². The van der Waals surface area contributed by atoms with Gasteiger partial charge < -0.3 is 10.1 Å². The largest absolute Gasteiger partial charge is 0.423 e. The van der Waals surface area contributed by atoms with Crippen molar-refractivity contribution in [2.24, 2.45) is 5.10 Å². The summed E-state index contributed by atoms with van der Waals surface area (Å²) < 4.78 is 6.10. The molecule has 0 saturated carbocycles. The van der Waals surface area contributed by atoms with Crippen molar-refractivity contribution in [1.82, 2.24) is 5.43 Å². The van der Waals surface area contributed by atoms with Gasteiger partial charge in [0.25, 0.3) is 0 Å². The Balaban J connectivity index is 1.51. The van der Waals surface area contributed by atoms with Gasteiger partial charge in [0.05, 0.1) is 11.8 Å². The van der Waals surface area contributed by atoms with Crippen LogP contribution in [0.2, 0.25) is 5.02 Å². The second-order valence-electron chi connectivity index (χ2n) is 6.59. The van der Waals surface area contributed by atoms with Gasteiger partial charge in [-0.2, -0.15) is 5.10 Å². The highest BCUT2D eigenvalue weighted by atomic mass is 79.9. The van der Waals surface area contributed by atoms with E-state index in [-0.39, 0.29) is 0 Å². The summed E-state index contributed by atoms with van der Waals surface area (Å²) in [7, 11) is 0. The summed E-state index contributed by atoms with van der Waals surface area (Å²) >= 11 is 9.31. The zero-order valence-corrected chi connectivity index (χ0v) is 19.1. The van der Waals surface area contributed by atoms with Crippen LogP contribution in [0.25, 0.3) is 0 Å². The smallest absolute Gasteiger partial charge is 0.343 e. The minimum Gasteiger partial charge on any atom is -0.423 e. The zero-order valence-electron chi connectivity index (χ0n) is 16.8. The van der Waals surface area contributed by atoms with Crippen molar-refractivity contribution in [3.05, 3.63) is 92.9 Å². The first-order chi connectivity index (χ1) is 15.3.